The minimum absolute atomic E-state index is 0.0302. The van der Waals surface area contributed by atoms with Crippen molar-refractivity contribution in [2.45, 2.75) is 0 Å². The summed E-state index contributed by atoms with van der Waals surface area (Å²) in [4.78, 5) is 0. The van der Waals surface area contributed by atoms with Gasteiger partial charge in [-0.05, 0) is 36.0 Å². The van der Waals surface area contributed by atoms with E-state index >= 15 is 0 Å². The standard InChI is InChI=1S/C20H19O2P/c21-15-16-22-17-11-13-20(14-12-17)23(18-7-3-1-4-8-18)19-9-5-2-6-10-19/h1-14,21H,15-16H2. The maximum Gasteiger partial charge on any atom is 0.119 e. The van der Waals surface area contributed by atoms with Crippen LogP contribution in [0, 0.1) is 0 Å². The van der Waals surface area contributed by atoms with E-state index in [2.05, 4.69) is 60.7 Å². The molecule has 3 rings (SSSR count). The quantitative estimate of drug-likeness (QED) is 0.707. The Morgan fingerprint density at radius 1 is 0.652 bits per heavy atom. The summed E-state index contributed by atoms with van der Waals surface area (Å²) in [6.45, 7) is 0.355. The fourth-order valence-corrected chi connectivity index (χ4v) is 4.74. The lowest BCUT2D eigenvalue weighted by atomic mass is 10.3. The summed E-state index contributed by atoms with van der Waals surface area (Å²) >= 11 is 0. The van der Waals surface area contributed by atoms with E-state index in [4.69, 9.17) is 9.84 Å². The van der Waals surface area contributed by atoms with Crippen molar-refractivity contribution in [1.29, 1.82) is 0 Å². The summed E-state index contributed by atoms with van der Waals surface area (Å²) in [5, 5.41) is 12.8. The van der Waals surface area contributed by atoms with Crippen molar-refractivity contribution in [3.63, 3.8) is 0 Å². The normalized spacial score (nSPS) is 10.7. The molecule has 0 unspecified atom stereocenters. The summed E-state index contributed by atoms with van der Waals surface area (Å²) in [6.07, 6.45) is 0. The zero-order valence-corrected chi connectivity index (χ0v) is 13.7. The molecule has 0 heterocycles. The summed E-state index contributed by atoms with van der Waals surface area (Å²) in [6, 6.07) is 29.4. The molecule has 0 aliphatic carbocycles. The molecular weight excluding hydrogens is 303 g/mol. The van der Waals surface area contributed by atoms with E-state index in [1.165, 1.54) is 15.9 Å². The molecule has 0 saturated heterocycles. The highest BCUT2D eigenvalue weighted by Crippen LogP contribution is 2.33. The van der Waals surface area contributed by atoms with Gasteiger partial charge in [0.25, 0.3) is 0 Å². The first-order valence-electron chi connectivity index (χ1n) is 7.62. The van der Waals surface area contributed by atoms with Crippen LogP contribution in [-0.4, -0.2) is 18.3 Å². The molecule has 0 bridgehead atoms. The first-order valence-corrected chi connectivity index (χ1v) is 8.96. The highest BCUT2D eigenvalue weighted by atomic mass is 31.1. The number of hydrogen-bond donors (Lipinski definition) is 1. The molecule has 3 aromatic carbocycles. The molecule has 0 aliphatic rings. The number of aliphatic hydroxyl groups is 1. The van der Waals surface area contributed by atoms with E-state index in [-0.39, 0.29) is 6.61 Å². The Labute approximate surface area is 138 Å². The van der Waals surface area contributed by atoms with Gasteiger partial charge in [-0.3, -0.25) is 0 Å². The van der Waals surface area contributed by atoms with Gasteiger partial charge in [-0.25, -0.2) is 0 Å². The van der Waals surface area contributed by atoms with Gasteiger partial charge >= 0.3 is 0 Å². The SMILES string of the molecule is OCCOc1ccc(P(c2ccccc2)c2ccccc2)cc1. The van der Waals surface area contributed by atoms with Crippen molar-refractivity contribution >= 4 is 23.8 Å². The van der Waals surface area contributed by atoms with Crippen LogP contribution >= 0.6 is 7.92 Å². The predicted octanol–water partition coefficient (Wildman–Crippen LogP) is 2.82. The Hall–Kier alpha value is -2.15. The van der Waals surface area contributed by atoms with Gasteiger partial charge in [0.2, 0.25) is 0 Å². The van der Waals surface area contributed by atoms with Crippen LogP contribution in [0.4, 0.5) is 0 Å². The lowest BCUT2D eigenvalue weighted by molar-refractivity contribution is 0.201. The van der Waals surface area contributed by atoms with Crippen LogP contribution < -0.4 is 20.7 Å². The first-order chi connectivity index (χ1) is 11.4. The second-order valence-corrected chi connectivity index (χ2v) is 7.29. The molecule has 0 aromatic heterocycles. The highest BCUT2D eigenvalue weighted by Gasteiger charge is 2.15. The molecule has 0 aliphatic heterocycles. The molecule has 1 N–H and O–H groups in total. The van der Waals surface area contributed by atoms with Crippen LogP contribution in [0.5, 0.6) is 5.75 Å². The number of hydrogen-bond acceptors (Lipinski definition) is 2. The monoisotopic (exact) mass is 322 g/mol. The van der Waals surface area contributed by atoms with Gasteiger partial charge in [-0.1, -0.05) is 72.8 Å². The van der Waals surface area contributed by atoms with Gasteiger partial charge in [0.05, 0.1) is 6.61 Å². The largest absolute Gasteiger partial charge is 0.491 e. The number of benzene rings is 3. The van der Waals surface area contributed by atoms with Crippen LogP contribution in [0.15, 0.2) is 84.9 Å². The average molecular weight is 322 g/mol. The molecule has 0 amide bonds. The van der Waals surface area contributed by atoms with Crippen molar-refractivity contribution in [2.75, 3.05) is 13.2 Å². The fraction of sp³-hybridized carbons (Fsp3) is 0.100. The van der Waals surface area contributed by atoms with Crippen LogP contribution in [0.1, 0.15) is 0 Å². The first kappa shape index (κ1) is 15.7. The van der Waals surface area contributed by atoms with Gasteiger partial charge in [0, 0.05) is 0 Å². The molecule has 3 aromatic rings. The zero-order chi connectivity index (χ0) is 15.9. The minimum atomic E-state index is -0.576. The summed E-state index contributed by atoms with van der Waals surface area (Å²) in [5.41, 5.74) is 0. The van der Waals surface area contributed by atoms with Crippen LogP contribution in [0.2, 0.25) is 0 Å². The third-order valence-corrected chi connectivity index (χ3v) is 5.93. The molecule has 3 heteroatoms. The van der Waals surface area contributed by atoms with Gasteiger partial charge in [-0.2, -0.15) is 0 Å². The van der Waals surface area contributed by atoms with Crippen LogP contribution in [0.25, 0.3) is 0 Å². The molecule has 2 nitrogen and oxygen atoms in total. The second kappa shape index (κ2) is 7.92. The van der Waals surface area contributed by atoms with E-state index in [0.29, 0.717) is 6.61 Å². The Bertz CT molecular complexity index is 672. The van der Waals surface area contributed by atoms with Crippen LogP contribution in [-0.2, 0) is 0 Å². The van der Waals surface area contributed by atoms with E-state index in [1.54, 1.807) is 0 Å². The molecular formula is C20H19O2P. The third-order valence-electron chi connectivity index (χ3n) is 3.48. The maximum atomic E-state index is 8.85. The Kier molecular flexibility index (Phi) is 5.42. The lowest BCUT2D eigenvalue weighted by Crippen LogP contribution is -2.20. The average Bonchev–Trinajstić information content (AvgIpc) is 2.63. The maximum absolute atomic E-state index is 8.85. The molecule has 116 valence electrons. The summed E-state index contributed by atoms with van der Waals surface area (Å²) in [7, 11) is -0.576. The molecule has 0 spiro atoms. The summed E-state index contributed by atoms with van der Waals surface area (Å²) in [5.74, 6) is 0.791. The van der Waals surface area contributed by atoms with E-state index in [1.807, 2.05) is 24.3 Å². The zero-order valence-electron chi connectivity index (χ0n) is 12.8. The minimum Gasteiger partial charge on any atom is -0.491 e. The summed E-state index contributed by atoms with van der Waals surface area (Å²) < 4.78 is 5.46. The van der Waals surface area contributed by atoms with Crippen molar-refractivity contribution in [2.24, 2.45) is 0 Å². The van der Waals surface area contributed by atoms with Crippen molar-refractivity contribution in [3.8, 4) is 5.75 Å². The van der Waals surface area contributed by atoms with Gasteiger partial charge in [-0.15, -0.1) is 0 Å². The predicted molar refractivity (Wildman–Crippen MR) is 97.7 cm³/mol. The van der Waals surface area contributed by atoms with E-state index in [0.717, 1.165) is 5.75 Å². The molecule has 0 atom stereocenters. The van der Waals surface area contributed by atoms with E-state index < -0.39 is 7.92 Å². The lowest BCUT2D eigenvalue weighted by Gasteiger charge is -2.19. The van der Waals surface area contributed by atoms with E-state index in [9.17, 15) is 0 Å². The van der Waals surface area contributed by atoms with Gasteiger partial charge < -0.3 is 9.84 Å². The van der Waals surface area contributed by atoms with Crippen molar-refractivity contribution in [3.05, 3.63) is 84.9 Å². The molecule has 0 radical (unpaired) electrons. The van der Waals surface area contributed by atoms with Crippen molar-refractivity contribution < 1.29 is 9.84 Å². The smallest absolute Gasteiger partial charge is 0.119 e. The van der Waals surface area contributed by atoms with Gasteiger partial charge in [0.1, 0.15) is 12.4 Å². The Morgan fingerprint density at radius 2 is 1.13 bits per heavy atom. The highest BCUT2D eigenvalue weighted by molar-refractivity contribution is 7.79. The Morgan fingerprint density at radius 3 is 1.61 bits per heavy atom. The number of aliphatic hydroxyl groups excluding tert-OH is 1. The van der Waals surface area contributed by atoms with Crippen molar-refractivity contribution in [1.82, 2.24) is 0 Å². The van der Waals surface area contributed by atoms with Gasteiger partial charge in [0.15, 0.2) is 0 Å². The topological polar surface area (TPSA) is 29.5 Å². The molecule has 0 saturated carbocycles. The third kappa shape index (κ3) is 3.98. The second-order valence-electron chi connectivity index (χ2n) is 5.07. The Balaban J connectivity index is 1.96. The molecule has 23 heavy (non-hydrogen) atoms. The fourth-order valence-electron chi connectivity index (χ4n) is 2.46. The molecule has 0 fully saturated rings. The number of ether oxygens (including phenoxy) is 1. The van der Waals surface area contributed by atoms with Crippen LogP contribution in [0.3, 0.4) is 0 Å². The number of rotatable bonds is 6.